The summed E-state index contributed by atoms with van der Waals surface area (Å²) in [4.78, 5) is 5.55. The summed E-state index contributed by atoms with van der Waals surface area (Å²) in [5.74, 6) is 0.839. The summed E-state index contributed by atoms with van der Waals surface area (Å²) < 4.78 is 0. The summed E-state index contributed by atoms with van der Waals surface area (Å²) in [5, 5.41) is 5.33. The van der Waals surface area contributed by atoms with Gasteiger partial charge in [-0.1, -0.05) is 6.07 Å². The number of nitrogens with zero attached hydrogens (tertiary/aromatic N) is 1. The molecule has 2 aromatic rings. The smallest absolute Gasteiger partial charge is 0.127 e. The third kappa shape index (κ3) is 2.95. The molecule has 0 aliphatic rings. The fourth-order valence-corrected chi connectivity index (χ4v) is 2.02. The van der Waals surface area contributed by atoms with Gasteiger partial charge in [0.1, 0.15) is 5.82 Å². The minimum absolute atomic E-state index is 0.739. The maximum atomic E-state index is 5.65. The molecule has 0 radical (unpaired) electrons. The number of aromatic nitrogens is 1. The van der Waals surface area contributed by atoms with E-state index in [1.165, 1.54) is 4.88 Å². The van der Waals surface area contributed by atoms with E-state index in [2.05, 4.69) is 27.8 Å². The highest BCUT2D eigenvalue weighted by molar-refractivity contribution is 7.09. The first-order chi connectivity index (χ1) is 7.34. The van der Waals surface area contributed by atoms with Gasteiger partial charge in [0.2, 0.25) is 0 Å². The summed E-state index contributed by atoms with van der Waals surface area (Å²) in [7, 11) is 0. The Labute approximate surface area is 93.0 Å². The van der Waals surface area contributed by atoms with E-state index in [1.54, 1.807) is 23.6 Å². The Balaban J connectivity index is 1.83. The van der Waals surface area contributed by atoms with Gasteiger partial charge in [-0.3, -0.25) is 0 Å². The van der Waals surface area contributed by atoms with Crippen molar-refractivity contribution >= 4 is 22.8 Å². The van der Waals surface area contributed by atoms with Crippen LogP contribution in [0, 0.1) is 0 Å². The molecule has 0 spiro atoms. The summed E-state index contributed by atoms with van der Waals surface area (Å²) in [6.45, 7) is 0.886. The molecule has 0 bridgehead atoms. The second-order valence-corrected chi connectivity index (χ2v) is 4.26. The van der Waals surface area contributed by atoms with Crippen LogP contribution in [0.15, 0.2) is 35.8 Å². The second kappa shape index (κ2) is 4.79. The molecule has 0 saturated carbocycles. The molecule has 2 heterocycles. The van der Waals surface area contributed by atoms with Crippen molar-refractivity contribution in [3.05, 3.63) is 40.7 Å². The molecule has 0 saturated heterocycles. The lowest BCUT2D eigenvalue weighted by atomic mass is 10.3. The van der Waals surface area contributed by atoms with Crippen LogP contribution in [0.5, 0.6) is 0 Å². The fourth-order valence-electron chi connectivity index (χ4n) is 1.31. The van der Waals surface area contributed by atoms with Crippen LogP contribution >= 0.6 is 11.3 Å². The lowest BCUT2D eigenvalue weighted by Gasteiger charge is -2.04. The van der Waals surface area contributed by atoms with Crippen LogP contribution in [0.3, 0.4) is 0 Å². The minimum atomic E-state index is 0.739. The number of hydrogen-bond donors (Lipinski definition) is 2. The molecule has 2 aromatic heterocycles. The first-order valence-electron chi connectivity index (χ1n) is 4.82. The van der Waals surface area contributed by atoms with E-state index in [-0.39, 0.29) is 0 Å². The van der Waals surface area contributed by atoms with Gasteiger partial charge in [-0.05, 0) is 23.9 Å². The number of nitrogens with one attached hydrogen (secondary N) is 1. The van der Waals surface area contributed by atoms with Crippen molar-refractivity contribution in [1.82, 2.24) is 4.98 Å². The Bertz CT molecular complexity index is 412. The van der Waals surface area contributed by atoms with E-state index in [0.29, 0.717) is 0 Å². The SMILES string of the molecule is Nc1ccnc(NCCc2cccs2)c1. The van der Waals surface area contributed by atoms with Crippen LogP contribution < -0.4 is 11.1 Å². The Hall–Kier alpha value is -1.55. The monoisotopic (exact) mass is 219 g/mol. The van der Waals surface area contributed by atoms with Gasteiger partial charge in [-0.2, -0.15) is 0 Å². The number of rotatable bonds is 4. The van der Waals surface area contributed by atoms with Gasteiger partial charge in [-0.15, -0.1) is 11.3 Å². The highest BCUT2D eigenvalue weighted by atomic mass is 32.1. The number of nitrogens with two attached hydrogens (primary N) is 1. The molecule has 0 atom stereocenters. The summed E-state index contributed by atoms with van der Waals surface area (Å²) in [6.07, 6.45) is 2.73. The zero-order valence-electron chi connectivity index (χ0n) is 8.31. The summed E-state index contributed by atoms with van der Waals surface area (Å²) in [6, 6.07) is 7.83. The Morgan fingerprint density at radius 3 is 3.07 bits per heavy atom. The molecule has 3 nitrogen and oxygen atoms in total. The van der Waals surface area contributed by atoms with Crippen molar-refractivity contribution in [3.63, 3.8) is 0 Å². The molecule has 2 rings (SSSR count). The highest BCUT2D eigenvalue weighted by Crippen LogP contribution is 2.11. The van der Waals surface area contributed by atoms with E-state index in [4.69, 9.17) is 5.73 Å². The van der Waals surface area contributed by atoms with Crippen molar-refractivity contribution in [2.24, 2.45) is 0 Å². The molecular formula is C11H13N3S. The van der Waals surface area contributed by atoms with Crippen LogP contribution in [0.25, 0.3) is 0 Å². The van der Waals surface area contributed by atoms with Crippen LogP contribution in [-0.2, 0) is 6.42 Å². The van der Waals surface area contributed by atoms with Crippen LogP contribution in [0.1, 0.15) is 4.88 Å². The third-order valence-corrected chi connectivity index (χ3v) is 2.98. The van der Waals surface area contributed by atoms with E-state index in [9.17, 15) is 0 Å². The summed E-state index contributed by atoms with van der Waals surface area (Å²) in [5.41, 5.74) is 6.39. The topological polar surface area (TPSA) is 50.9 Å². The molecule has 0 fully saturated rings. The Morgan fingerprint density at radius 2 is 2.33 bits per heavy atom. The molecule has 4 heteroatoms. The van der Waals surface area contributed by atoms with Crippen molar-refractivity contribution in [2.75, 3.05) is 17.6 Å². The Kier molecular flexibility index (Phi) is 3.19. The lowest BCUT2D eigenvalue weighted by molar-refractivity contribution is 1.03. The first-order valence-corrected chi connectivity index (χ1v) is 5.70. The quantitative estimate of drug-likeness (QED) is 0.830. The number of hydrogen-bond acceptors (Lipinski definition) is 4. The zero-order valence-corrected chi connectivity index (χ0v) is 9.13. The van der Waals surface area contributed by atoms with Crippen molar-refractivity contribution in [3.8, 4) is 0 Å². The van der Waals surface area contributed by atoms with Gasteiger partial charge in [0.15, 0.2) is 0 Å². The number of pyridine rings is 1. The van der Waals surface area contributed by atoms with Crippen molar-refractivity contribution in [2.45, 2.75) is 6.42 Å². The molecule has 0 amide bonds. The maximum Gasteiger partial charge on any atom is 0.127 e. The molecule has 0 aromatic carbocycles. The van der Waals surface area contributed by atoms with E-state index in [0.717, 1.165) is 24.5 Å². The van der Waals surface area contributed by atoms with Gasteiger partial charge in [0, 0.05) is 29.4 Å². The van der Waals surface area contributed by atoms with Crippen LogP contribution in [0.2, 0.25) is 0 Å². The molecule has 0 aliphatic carbocycles. The highest BCUT2D eigenvalue weighted by Gasteiger charge is 1.95. The third-order valence-electron chi connectivity index (χ3n) is 2.04. The van der Waals surface area contributed by atoms with Crippen LogP contribution in [-0.4, -0.2) is 11.5 Å². The molecular weight excluding hydrogens is 206 g/mol. The van der Waals surface area contributed by atoms with E-state index < -0.39 is 0 Å². The Morgan fingerprint density at radius 1 is 1.40 bits per heavy atom. The van der Waals surface area contributed by atoms with Gasteiger partial charge >= 0.3 is 0 Å². The van der Waals surface area contributed by atoms with Gasteiger partial charge in [0.25, 0.3) is 0 Å². The summed E-state index contributed by atoms with van der Waals surface area (Å²) >= 11 is 1.78. The molecule has 3 N–H and O–H groups in total. The maximum absolute atomic E-state index is 5.65. The normalized spacial score (nSPS) is 10.1. The average Bonchev–Trinajstić information content (AvgIpc) is 2.71. The average molecular weight is 219 g/mol. The van der Waals surface area contributed by atoms with Crippen molar-refractivity contribution < 1.29 is 0 Å². The number of thiophene rings is 1. The number of nitrogen functional groups attached to an aromatic ring is 1. The molecule has 78 valence electrons. The zero-order chi connectivity index (χ0) is 10.5. The first kappa shape index (κ1) is 9.98. The van der Waals surface area contributed by atoms with Crippen LogP contribution in [0.4, 0.5) is 11.5 Å². The predicted molar refractivity (Wildman–Crippen MR) is 65.2 cm³/mol. The minimum Gasteiger partial charge on any atom is -0.399 e. The predicted octanol–water partition coefficient (Wildman–Crippen LogP) is 2.38. The molecule has 0 aliphatic heterocycles. The van der Waals surface area contributed by atoms with Gasteiger partial charge in [-0.25, -0.2) is 4.98 Å². The van der Waals surface area contributed by atoms with Gasteiger partial charge in [0.05, 0.1) is 0 Å². The van der Waals surface area contributed by atoms with Crippen molar-refractivity contribution in [1.29, 1.82) is 0 Å². The van der Waals surface area contributed by atoms with E-state index in [1.807, 2.05) is 6.07 Å². The lowest BCUT2D eigenvalue weighted by Crippen LogP contribution is -2.05. The fraction of sp³-hybridized carbons (Fsp3) is 0.182. The second-order valence-electron chi connectivity index (χ2n) is 3.23. The van der Waals surface area contributed by atoms with Gasteiger partial charge < -0.3 is 11.1 Å². The number of anilines is 2. The standard InChI is InChI=1S/C11H13N3S/c12-9-3-5-13-11(8-9)14-6-4-10-2-1-7-15-10/h1-3,5,7-8H,4,6H2,(H3,12,13,14). The molecule has 0 unspecified atom stereocenters. The van der Waals surface area contributed by atoms with E-state index >= 15 is 0 Å². The molecule has 15 heavy (non-hydrogen) atoms. The largest absolute Gasteiger partial charge is 0.399 e.